The summed E-state index contributed by atoms with van der Waals surface area (Å²) in [5, 5.41) is 6.20. The molecule has 24 heavy (non-hydrogen) atoms. The van der Waals surface area contributed by atoms with Crippen molar-refractivity contribution in [1.29, 1.82) is 0 Å². The number of benzene rings is 1. The van der Waals surface area contributed by atoms with Gasteiger partial charge in [-0.1, -0.05) is 30.3 Å². The molecule has 4 rings (SSSR count). The van der Waals surface area contributed by atoms with Crippen molar-refractivity contribution < 1.29 is 4.79 Å². The second-order valence-corrected chi connectivity index (χ2v) is 7.47. The van der Waals surface area contributed by atoms with E-state index in [1.54, 1.807) is 11.3 Å². The van der Waals surface area contributed by atoms with Gasteiger partial charge in [0.25, 0.3) is 0 Å². The van der Waals surface area contributed by atoms with Gasteiger partial charge < -0.3 is 15.1 Å². The minimum Gasteiger partial charge on any atom is -0.345 e. The number of urea groups is 1. The Morgan fingerprint density at radius 1 is 1.17 bits per heavy atom. The van der Waals surface area contributed by atoms with Crippen LogP contribution in [0.5, 0.6) is 0 Å². The minimum absolute atomic E-state index is 0.0657. The summed E-state index contributed by atoms with van der Waals surface area (Å²) in [6.45, 7) is 3.95. The number of hydrogen-bond acceptors (Lipinski definition) is 4. The molecule has 1 saturated carbocycles. The van der Waals surface area contributed by atoms with E-state index < -0.39 is 0 Å². The second kappa shape index (κ2) is 6.43. The Labute approximate surface area is 146 Å². The zero-order valence-electron chi connectivity index (χ0n) is 13.6. The SMILES string of the molecule is O=C(NCC1(c2ccccc2)CC1)N1CCN(c2nccs2)CC1. The first kappa shape index (κ1) is 15.4. The van der Waals surface area contributed by atoms with Gasteiger partial charge in [0.05, 0.1) is 0 Å². The lowest BCUT2D eigenvalue weighted by atomic mass is 9.96. The molecule has 1 aromatic heterocycles. The average Bonchev–Trinajstić information content (AvgIpc) is 3.24. The van der Waals surface area contributed by atoms with Crippen LogP contribution in [0.15, 0.2) is 41.9 Å². The molecule has 2 heterocycles. The topological polar surface area (TPSA) is 48.5 Å². The summed E-state index contributed by atoms with van der Waals surface area (Å²) >= 11 is 1.65. The number of carbonyl (C=O) groups excluding carboxylic acids is 1. The number of nitrogens with one attached hydrogen (secondary N) is 1. The van der Waals surface area contributed by atoms with Crippen molar-refractivity contribution in [1.82, 2.24) is 15.2 Å². The molecule has 2 aromatic rings. The van der Waals surface area contributed by atoms with Crippen LogP contribution >= 0.6 is 11.3 Å². The highest BCUT2D eigenvalue weighted by Gasteiger charge is 2.44. The lowest BCUT2D eigenvalue weighted by Crippen LogP contribution is -2.52. The summed E-state index contributed by atoms with van der Waals surface area (Å²) in [6, 6.07) is 10.6. The fraction of sp³-hybridized carbons (Fsp3) is 0.444. The Hall–Kier alpha value is -2.08. The molecule has 1 saturated heterocycles. The van der Waals surface area contributed by atoms with Crippen LogP contribution in [-0.4, -0.2) is 48.6 Å². The van der Waals surface area contributed by atoms with E-state index in [2.05, 4.69) is 39.5 Å². The zero-order chi connectivity index (χ0) is 16.4. The third kappa shape index (κ3) is 3.11. The maximum absolute atomic E-state index is 12.5. The average molecular weight is 342 g/mol. The van der Waals surface area contributed by atoms with Crippen LogP contribution in [0.3, 0.4) is 0 Å². The monoisotopic (exact) mass is 342 g/mol. The van der Waals surface area contributed by atoms with Crippen LogP contribution < -0.4 is 10.2 Å². The third-order valence-electron chi connectivity index (χ3n) is 5.07. The molecule has 0 radical (unpaired) electrons. The molecule has 126 valence electrons. The molecular formula is C18H22N4OS. The lowest BCUT2D eigenvalue weighted by Gasteiger charge is -2.34. The summed E-state index contributed by atoms with van der Waals surface area (Å²) in [5.74, 6) is 0. The number of anilines is 1. The van der Waals surface area contributed by atoms with Crippen molar-refractivity contribution in [2.75, 3.05) is 37.6 Å². The van der Waals surface area contributed by atoms with E-state index in [0.717, 1.165) is 50.7 Å². The molecule has 0 unspecified atom stereocenters. The molecule has 2 amide bonds. The van der Waals surface area contributed by atoms with Crippen molar-refractivity contribution in [3.05, 3.63) is 47.5 Å². The smallest absolute Gasteiger partial charge is 0.317 e. The van der Waals surface area contributed by atoms with Crippen LogP contribution in [-0.2, 0) is 5.41 Å². The zero-order valence-corrected chi connectivity index (χ0v) is 14.5. The second-order valence-electron chi connectivity index (χ2n) is 6.59. The molecule has 5 nitrogen and oxygen atoms in total. The van der Waals surface area contributed by atoms with Crippen LogP contribution in [0.4, 0.5) is 9.93 Å². The van der Waals surface area contributed by atoms with Crippen LogP contribution in [0.2, 0.25) is 0 Å². The standard InChI is InChI=1S/C18H22N4OS/c23-16(20-14-18(6-7-18)15-4-2-1-3-5-15)21-9-11-22(12-10-21)17-19-8-13-24-17/h1-5,8,13H,6-7,9-12,14H2,(H,20,23). The minimum atomic E-state index is 0.0657. The van der Waals surface area contributed by atoms with Crippen molar-refractivity contribution in [3.8, 4) is 0 Å². The molecule has 1 aromatic carbocycles. The number of thiazole rings is 1. The van der Waals surface area contributed by atoms with Gasteiger partial charge in [-0.3, -0.25) is 0 Å². The number of piperazine rings is 1. The van der Waals surface area contributed by atoms with Gasteiger partial charge in [-0.15, -0.1) is 11.3 Å². The van der Waals surface area contributed by atoms with Crippen LogP contribution in [0.25, 0.3) is 0 Å². The first-order valence-electron chi connectivity index (χ1n) is 8.50. The molecule has 6 heteroatoms. The summed E-state index contributed by atoms with van der Waals surface area (Å²) in [6.07, 6.45) is 4.15. The van der Waals surface area contributed by atoms with E-state index in [0.29, 0.717) is 0 Å². The summed E-state index contributed by atoms with van der Waals surface area (Å²) < 4.78 is 0. The van der Waals surface area contributed by atoms with Gasteiger partial charge in [0, 0.05) is 49.7 Å². The highest BCUT2D eigenvalue weighted by atomic mass is 32.1. The fourth-order valence-corrected chi connectivity index (χ4v) is 4.04. The van der Waals surface area contributed by atoms with Gasteiger partial charge in [0.2, 0.25) is 0 Å². The maximum Gasteiger partial charge on any atom is 0.317 e. The highest BCUT2D eigenvalue weighted by molar-refractivity contribution is 7.13. The highest BCUT2D eigenvalue weighted by Crippen LogP contribution is 2.47. The predicted molar refractivity (Wildman–Crippen MR) is 96.7 cm³/mol. The van der Waals surface area contributed by atoms with E-state index in [9.17, 15) is 4.79 Å². The normalized spacial score (nSPS) is 19.2. The molecular weight excluding hydrogens is 320 g/mol. The molecule has 0 spiro atoms. The maximum atomic E-state index is 12.5. The Bertz CT molecular complexity index is 676. The van der Waals surface area contributed by atoms with E-state index >= 15 is 0 Å². The van der Waals surface area contributed by atoms with E-state index in [1.165, 1.54) is 5.56 Å². The summed E-state index contributed by atoms with van der Waals surface area (Å²) in [7, 11) is 0. The largest absolute Gasteiger partial charge is 0.345 e. The number of carbonyl (C=O) groups is 1. The Morgan fingerprint density at radius 2 is 1.92 bits per heavy atom. The third-order valence-corrected chi connectivity index (χ3v) is 5.91. The van der Waals surface area contributed by atoms with Crippen molar-refractivity contribution in [2.45, 2.75) is 18.3 Å². The predicted octanol–water partition coefficient (Wildman–Crippen LogP) is 2.71. The molecule has 1 aliphatic heterocycles. The van der Waals surface area contributed by atoms with E-state index in [1.807, 2.05) is 22.5 Å². The number of nitrogens with zero attached hydrogens (tertiary/aromatic N) is 3. The van der Waals surface area contributed by atoms with Gasteiger partial charge in [0.15, 0.2) is 5.13 Å². The first-order valence-corrected chi connectivity index (χ1v) is 9.38. The van der Waals surface area contributed by atoms with Crippen molar-refractivity contribution >= 4 is 22.5 Å². The Kier molecular flexibility index (Phi) is 4.14. The number of rotatable bonds is 4. The number of aromatic nitrogens is 1. The van der Waals surface area contributed by atoms with Crippen molar-refractivity contribution in [2.24, 2.45) is 0 Å². The van der Waals surface area contributed by atoms with Gasteiger partial charge in [-0.2, -0.15) is 0 Å². The molecule has 2 aliphatic rings. The fourth-order valence-electron chi connectivity index (χ4n) is 3.34. The quantitative estimate of drug-likeness (QED) is 0.929. The molecule has 1 aliphatic carbocycles. The molecule has 0 atom stereocenters. The molecule has 0 bridgehead atoms. The first-order chi connectivity index (χ1) is 11.8. The van der Waals surface area contributed by atoms with E-state index in [-0.39, 0.29) is 11.4 Å². The van der Waals surface area contributed by atoms with Crippen LogP contribution in [0.1, 0.15) is 18.4 Å². The Balaban J connectivity index is 1.29. The summed E-state index contributed by atoms with van der Waals surface area (Å²) in [5.41, 5.74) is 1.51. The van der Waals surface area contributed by atoms with Gasteiger partial charge in [0.1, 0.15) is 0 Å². The molecule has 1 N–H and O–H groups in total. The molecule has 2 fully saturated rings. The van der Waals surface area contributed by atoms with Crippen molar-refractivity contribution in [3.63, 3.8) is 0 Å². The number of hydrogen-bond donors (Lipinski definition) is 1. The number of amides is 2. The van der Waals surface area contributed by atoms with Gasteiger partial charge in [-0.25, -0.2) is 9.78 Å². The lowest BCUT2D eigenvalue weighted by molar-refractivity contribution is 0.193. The van der Waals surface area contributed by atoms with Crippen LogP contribution in [0, 0.1) is 0 Å². The summed E-state index contributed by atoms with van der Waals surface area (Å²) in [4.78, 5) is 21.0. The Morgan fingerprint density at radius 3 is 2.54 bits per heavy atom. The van der Waals surface area contributed by atoms with Gasteiger partial charge >= 0.3 is 6.03 Å². The van der Waals surface area contributed by atoms with E-state index in [4.69, 9.17) is 0 Å². The van der Waals surface area contributed by atoms with Gasteiger partial charge in [-0.05, 0) is 18.4 Å².